The van der Waals surface area contributed by atoms with Crippen LogP contribution in [0, 0.1) is 19.7 Å². The molecule has 7 nitrogen and oxygen atoms in total. The summed E-state index contributed by atoms with van der Waals surface area (Å²) in [5.41, 5.74) is 3.16. The molecule has 0 fully saturated rings. The molecule has 2 aromatic carbocycles. The fourth-order valence-corrected chi connectivity index (χ4v) is 5.05. The third-order valence-corrected chi connectivity index (χ3v) is 6.84. The van der Waals surface area contributed by atoms with Crippen LogP contribution in [0.25, 0.3) is 0 Å². The van der Waals surface area contributed by atoms with E-state index < -0.39 is 16.1 Å². The predicted octanol–water partition coefficient (Wildman–Crippen LogP) is 3.93. The van der Waals surface area contributed by atoms with Crippen LogP contribution in [-0.2, 0) is 26.2 Å². The highest BCUT2D eigenvalue weighted by Gasteiger charge is 2.28. The van der Waals surface area contributed by atoms with Crippen LogP contribution in [0.15, 0.2) is 42.5 Å². The number of benzene rings is 2. The Bertz CT molecular complexity index is 1100. The maximum absolute atomic E-state index is 13.4. The molecular formula is C26H36FN3O4S. The average Bonchev–Trinajstić information content (AvgIpc) is 2.76. The smallest absolute Gasteiger partial charge is 0.242 e. The van der Waals surface area contributed by atoms with Gasteiger partial charge in [0, 0.05) is 26.1 Å². The molecule has 1 N–H and O–H groups in total. The Balaban J connectivity index is 2.22. The minimum absolute atomic E-state index is 0.0634. The molecule has 0 bridgehead atoms. The molecule has 1 unspecified atom stereocenters. The lowest BCUT2D eigenvalue weighted by molar-refractivity contribution is -0.141. The van der Waals surface area contributed by atoms with Gasteiger partial charge < -0.3 is 10.2 Å². The number of aryl methyl sites for hydroxylation is 2. The summed E-state index contributed by atoms with van der Waals surface area (Å²) in [5, 5.41) is 2.77. The van der Waals surface area contributed by atoms with Gasteiger partial charge in [-0.1, -0.05) is 25.1 Å². The molecule has 9 heteroatoms. The Morgan fingerprint density at radius 2 is 1.63 bits per heavy atom. The molecule has 0 saturated carbocycles. The predicted molar refractivity (Wildman–Crippen MR) is 137 cm³/mol. The summed E-state index contributed by atoms with van der Waals surface area (Å²) in [5.74, 6) is -0.894. The van der Waals surface area contributed by atoms with Crippen molar-refractivity contribution < 1.29 is 22.4 Å². The topological polar surface area (TPSA) is 86.8 Å². The van der Waals surface area contributed by atoms with Gasteiger partial charge in [0.05, 0.1) is 11.9 Å². The fraction of sp³-hybridized carbons (Fsp3) is 0.462. The first-order valence-corrected chi connectivity index (χ1v) is 13.7. The summed E-state index contributed by atoms with van der Waals surface area (Å²) >= 11 is 0. The number of amides is 2. The van der Waals surface area contributed by atoms with Gasteiger partial charge >= 0.3 is 0 Å². The van der Waals surface area contributed by atoms with Crippen LogP contribution in [0.5, 0.6) is 0 Å². The van der Waals surface area contributed by atoms with Crippen LogP contribution in [0.2, 0.25) is 0 Å². The third-order valence-electron chi connectivity index (χ3n) is 5.65. The molecule has 35 heavy (non-hydrogen) atoms. The standard InChI is InChI=1S/C26H36FN3O4S/c1-6-24(26(32)28-7-2)29(18-21-10-12-22(27)13-11-21)25(31)9-8-14-30(35(5,33)34)23-16-19(3)15-20(4)17-23/h10-13,15-17,24H,6-9,14,18H2,1-5H3,(H,28,32). The molecule has 0 heterocycles. The molecule has 0 aliphatic heterocycles. The molecule has 0 aliphatic carbocycles. The van der Waals surface area contributed by atoms with E-state index in [4.69, 9.17) is 0 Å². The van der Waals surface area contributed by atoms with Crippen molar-refractivity contribution in [1.29, 1.82) is 0 Å². The zero-order chi connectivity index (χ0) is 26.2. The number of nitrogens with one attached hydrogen (secondary N) is 1. The van der Waals surface area contributed by atoms with Gasteiger partial charge in [-0.05, 0) is 74.6 Å². The highest BCUT2D eigenvalue weighted by atomic mass is 32.2. The molecule has 192 valence electrons. The lowest BCUT2D eigenvalue weighted by Gasteiger charge is -2.31. The number of carbonyl (C=O) groups is 2. The monoisotopic (exact) mass is 505 g/mol. The van der Waals surface area contributed by atoms with Crippen LogP contribution in [0.4, 0.5) is 10.1 Å². The number of halogens is 1. The van der Waals surface area contributed by atoms with Gasteiger partial charge in [-0.15, -0.1) is 0 Å². The van der Waals surface area contributed by atoms with Crippen molar-refractivity contribution in [3.8, 4) is 0 Å². The maximum Gasteiger partial charge on any atom is 0.242 e. The van der Waals surface area contributed by atoms with Crippen molar-refractivity contribution in [2.45, 2.75) is 59.5 Å². The van der Waals surface area contributed by atoms with Crippen molar-refractivity contribution in [1.82, 2.24) is 10.2 Å². The van der Waals surface area contributed by atoms with E-state index in [1.165, 1.54) is 21.3 Å². The van der Waals surface area contributed by atoms with Gasteiger partial charge in [-0.25, -0.2) is 12.8 Å². The summed E-state index contributed by atoms with van der Waals surface area (Å²) < 4.78 is 39.7. The highest BCUT2D eigenvalue weighted by molar-refractivity contribution is 7.92. The molecule has 2 rings (SSSR count). The van der Waals surface area contributed by atoms with Gasteiger partial charge in [-0.3, -0.25) is 13.9 Å². The second kappa shape index (κ2) is 12.7. The minimum atomic E-state index is -3.56. The normalized spacial score (nSPS) is 12.2. The van der Waals surface area contributed by atoms with Gasteiger partial charge in [-0.2, -0.15) is 0 Å². The van der Waals surface area contributed by atoms with Gasteiger partial charge in [0.15, 0.2) is 0 Å². The van der Waals surface area contributed by atoms with E-state index in [0.717, 1.165) is 17.4 Å². The third kappa shape index (κ3) is 8.35. The first-order valence-electron chi connectivity index (χ1n) is 11.8. The van der Waals surface area contributed by atoms with Crippen molar-refractivity contribution in [2.24, 2.45) is 0 Å². The van der Waals surface area contributed by atoms with Gasteiger partial charge in [0.2, 0.25) is 21.8 Å². The van der Waals surface area contributed by atoms with Gasteiger partial charge in [0.25, 0.3) is 0 Å². The number of carbonyl (C=O) groups excluding carboxylic acids is 2. The lowest BCUT2D eigenvalue weighted by atomic mass is 10.1. The Hall–Kier alpha value is -2.94. The molecule has 0 aliphatic rings. The van der Waals surface area contributed by atoms with Gasteiger partial charge in [0.1, 0.15) is 11.9 Å². The zero-order valence-corrected chi connectivity index (χ0v) is 22.0. The number of hydrogen-bond acceptors (Lipinski definition) is 4. The average molecular weight is 506 g/mol. The van der Waals surface area contributed by atoms with E-state index in [9.17, 15) is 22.4 Å². The van der Waals surface area contributed by atoms with Crippen LogP contribution in [-0.4, -0.2) is 50.5 Å². The Morgan fingerprint density at radius 1 is 1.03 bits per heavy atom. The lowest BCUT2D eigenvalue weighted by Crippen LogP contribution is -2.49. The number of likely N-dealkylation sites (N-methyl/N-ethyl adjacent to an activating group) is 1. The number of nitrogens with zero attached hydrogens (tertiary/aromatic N) is 2. The highest BCUT2D eigenvalue weighted by Crippen LogP contribution is 2.22. The Labute approximate surface area is 208 Å². The van der Waals surface area contributed by atoms with E-state index in [1.54, 1.807) is 24.3 Å². The molecule has 0 saturated heterocycles. The summed E-state index contributed by atoms with van der Waals surface area (Å²) in [7, 11) is -3.56. The van der Waals surface area contributed by atoms with Crippen molar-refractivity contribution in [2.75, 3.05) is 23.7 Å². The van der Waals surface area contributed by atoms with E-state index >= 15 is 0 Å². The second-order valence-electron chi connectivity index (χ2n) is 8.75. The van der Waals surface area contributed by atoms with Crippen LogP contribution in [0.3, 0.4) is 0 Å². The first kappa shape index (κ1) is 28.3. The summed E-state index contributed by atoms with van der Waals surface area (Å²) in [4.78, 5) is 27.5. The number of hydrogen-bond donors (Lipinski definition) is 1. The quantitative estimate of drug-likeness (QED) is 0.474. The van der Waals surface area contributed by atoms with E-state index in [-0.39, 0.29) is 43.6 Å². The maximum atomic E-state index is 13.4. The molecule has 2 amide bonds. The van der Waals surface area contributed by atoms with Crippen molar-refractivity contribution >= 4 is 27.5 Å². The van der Waals surface area contributed by atoms with Crippen LogP contribution < -0.4 is 9.62 Å². The molecule has 2 aromatic rings. The molecule has 1 atom stereocenters. The fourth-order valence-electron chi connectivity index (χ4n) is 4.10. The molecule has 0 aromatic heterocycles. The summed E-state index contributed by atoms with van der Waals surface area (Å²) in [6, 6.07) is 10.7. The SMILES string of the molecule is CCNC(=O)C(CC)N(Cc1ccc(F)cc1)C(=O)CCCN(c1cc(C)cc(C)c1)S(C)(=O)=O. The molecular weight excluding hydrogens is 469 g/mol. The molecule has 0 radical (unpaired) electrons. The van der Waals surface area contributed by atoms with Crippen LogP contribution in [0.1, 0.15) is 49.8 Å². The Morgan fingerprint density at radius 3 is 2.14 bits per heavy atom. The number of sulfonamides is 1. The number of rotatable bonds is 12. The zero-order valence-electron chi connectivity index (χ0n) is 21.2. The van der Waals surface area contributed by atoms with E-state index in [0.29, 0.717) is 24.2 Å². The molecule has 0 spiro atoms. The van der Waals surface area contributed by atoms with Crippen molar-refractivity contribution in [3.05, 3.63) is 65.0 Å². The van der Waals surface area contributed by atoms with E-state index in [2.05, 4.69) is 5.32 Å². The minimum Gasteiger partial charge on any atom is -0.355 e. The second-order valence-corrected chi connectivity index (χ2v) is 10.7. The summed E-state index contributed by atoms with van der Waals surface area (Å²) in [6.07, 6.45) is 1.91. The van der Waals surface area contributed by atoms with E-state index in [1.807, 2.05) is 33.8 Å². The van der Waals surface area contributed by atoms with Crippen molar-refractivity contribution in [3.63, 3.8) is 0 Å². The Kier molecular flexibility index (Phi) is 10.2. The number of anilines is 1. The summed E-state index contributed by atoms with van der Waals surface area (Å²) in [6.45, 7) is 8.17. The largest absolute Gasteiger partial charge is 0.355 e. The van der Waals surface area contributed by atoms with Crippen LogP contribution >= 0.6 is 0 Å². The first-order chi connectivity index (χ1) is 16.5.